The number of hydrogen-bond acceptors (Lipinski definition) is 3. The number of nitrogens with two attached hydrogens (primary N) is 1. The highest BCUT2D eigenvalue weighted by atomic mass is 19.2. The molecule has 0 heterocycles. The summed E-state index contributed by atoms with van der Waals surface area (Å²) in [6.45, 7) is 0.276. The maximum atomic E-state index is 12.7. The minimum Gasteiger partial charge on any atom is -0.396 e. The van der Waals surface area contributed by atoms with E-state index >= 15 is 0 Å². The van der Waals surface area contributed by atoms with Crippen molar-refractivity contribution in [3.63, 3.8) is 0 Å². The minimum absolute atomic E-state index is 0.201. The molecule has 3 nitrogen and oxygen atoms in total. The number of anilines is 1. The molecule has 0 aromatic heterocycles. The molecule has 0 atom stereocenters. The number of benzene rings is 1. The summed E-state index contributed by atoms with van der Waals surface area (Å²) in [6, 6.07) is 2.42. The number of nitrogens with one attached hydrogen (secondary N) is 1. The van der Waals surface area contributed by atoms with Gasteiger partial charge in [-0.05, 0) is 17.7 Å². The molecule has 0 spiro atoms. The van der Waals surface area contributed by atoms with Crippen LogP contribution in [0.2, 0.25) is 0 Å². The molecule has 0 fully saturated rings. The second-order valence-corrected chi connectivity index (χ2v) is 2.51. The summed E-state index contributed by atoms with van der Waals surface area (Å²) in [4.78, 5) is 4.55. The first-order chi connectivity index (χ1) is 6.15. The molecule has 1 rings (SSSR count). The summed E-state index contributed by atoms with van der Waals surface area (Å²) in [5.41, 5.74) is 8.03. The topological polar surface area (TPSA) is 47.3 Å². The Morgan fingerprint density at radius 3 is 2.69 bits per heavy atom. The van der Waals surface area contributed by atoms with Crippen molar-refractivity contribution in [2.24, 2.45) is 0 Å². The Morgan fingerprint density at radius 2 is 2.15 bits per heavy atom. The molecule has 1 aromatic carbocycles. The summed E-state index contributed by atoms with van der Waals surface area (Å²) in [5, 5.41) is 0. The van der Waals surface area contributed by atoms with E-state index in [2.05, 4.69) is 10.3 Å². The van der Waals surface area contributed by atoms with Gasteiger partial charge in [0.25, 0.3) is 0 Å². The van der Waals surface area contributed by atoms with Crippen LogP contribution in [0.1, 0.15) is 5.56 Å². The van der Waals surface area contributed by atoms with Crippen molar-refractivity contribution >= 4 is 5.69 Å². The molecule has 72 valence electrons. The van der Waals surface area contributed by atoms with E-state index in [1.54, 1.807) is 0 Å². The van der Waals surface area contributed by atoms with Gasteiger partial charge in [0.1, 0.15) is 0 Å². The molecule has 0 aliphatic carbocycles. The molecule has 0 saturated heterocycles. The van der Waals surface area contributed by atoms with Crippen LogP contribution in [-0.2, 0) is 11.4 Å². The summed E-state index contributed by atoms with van der Waals surface area (Å²) >= 11 is 0. The molecule has 0 amide bonds. The number of halogens is 2. The highest BCUT2D eigenvalue weighted by molar-refractivity contribution is 5.43. The van der Waals surface area contributed by atoms with Crippen LogP contribution in [0.25, 0.3) is 0 Å². The molecule has 5 heteroatoms. The number of hydrogen-bond donors (Lipinski definition) is 2. The Bertz CT molecular complexity index is 281. The first kappa shape index (κ1) is 9.88. The fourth-order valence-electron chi connectivity index (χ4n) is 0.926. The van der Waals surface area contributed by atoms with Gasteiger partial charge in [0.05, 0.1) is 12.8 Å². The number of nitrogen functional groups attached to an aromatic ring is 1. The van der Waals surface area contributed by atoms with Crippen LogP contribution >= 0.6 is 0 Å². The molecule has 3 N–H and O–H groups in total. The van der Waals surface area contributed by atoms with E-state index in [0.29, 0.717) is 5.56 Å². The second kappa shape index (κ2) is 4.15. The molecule has 0 saturated carbocycles. The zero-order chi connectivity index (χ0) is 9.84. The highest BCUT2D eigenvalue weighted by Gasteiger charge is 2.07. The van der Waals surface area contributed by atoms with Crippen LogP contribution in [0.15, 0.2) is 12.1 Å². The molecular formula is C8H10F2N2O. The molecule has 13 heavy (non-hydrogen) atoms. The average molecular weight is 188 g/mol. The van der Waals surface area contributed by atoms with Crippen LogP contribution in [-0.4, -0.2) is 7.11 Å². The molecule has 0 aliphatic heterocycles. The standard InChI is InChI=1S/C8H10F2N2O/c1-13-12-4-5-2-6(9)8(10)7(11)3-5/h2-3,12H,4,11H2,1H3. The predicted molar refractivity (Wildman–Crippen MR) is 44.6 cm³/mol. The second-order valence-electron chi connectivity index (χ2n) is 2.51. The Kier molecular flexibility index (Phi) is 3.16. The van der Waals surface area contributed by atoms with Crippen LogP contribution < -0.4 is 11.2 Å². The van der Waals surface area contributed by atoms with E-state index in [9.17, 15) is 8.78 Å². The molecule has 1 aromatic rings. The van der Waals surface area contributed by atoms with Gasteiger partial charge < -0.3 is 10.6 Å². The van der Waals surface area contributed by atoms with Crippen molar-refractivity contribution in [3.8, 4) is 0 Å². The van der Waals surface area contributed by atoms with Crippen molar-refractivity contribution in [2.45, 2.75) is 6.54 Å². The zero-order valence-corrected chi connectivity index (χ0v) is 7.10. The Morgan fingerprint density at radius 1 is 1.46 bits per heavy atom. The van der Waals surface area contributed by atoms with E-state index in [4.69, 9.17) is 5.73 Å². The fourth-order valence-corrected chi connectivity index (χ4v) is 0.926. The normalized spacial score (nSPS) is 10.4. The van der Waals surface area contributed by atoms with Gasteiger partial charge in [0.15, 0.2) is 11.6 Å². The van der Waals surface area contributed by atoms with Crippen LogP contribution in [0.3, 0.4) is 0 Å². The van der Waals surface area contributed by atoms with Crippen molar-refractivity contribution in [2.75, 3.05) is 12.8 Å². The highest BCUT2D eigenvalue weighted by Crippen LogP contribution is 2.16. The lowest BCUT2D eigenvalue weighted by Crippen LogP contribution is -2.11. The van der Waals surface area contributed by atoms with Gasteiger partial charge in [-0.1, -0.05) is 0 Å². The molecule has 0 aliphatic rings. The van der Waals surface area contributed by atoms with Gasteiger partial charge >= 0.3 is 0 Å². The summed E-state index contributed by atoms with van der Waals surface area (Å²) in [7, 11) is 1.43. The summed E-state index contributed by atoms with van der Waals surface area (Å²) < 4.78 is 25.4. The first-order valence-corrected chi connectivity index (χ1v) is 3.64. The first-order valence-electron chi connectivity index (χ1n) is 3.64. The van der Waals surface area contributed by atoms with Gasteiger partial charge in [-0.2, -0.15) is 5.48 Å². The van der Waals surface area contributed by atoms with Crippen LogP contribution in [0, 0.1) is 11.6 Å². The lowest BCUT2D eigenvalue weighted by molar-refractivity contribution is 0.0866. The molecule has 0 radical (unpaired) electrons. The minimum atomic E-state index is -1.01. The summed E-state index contributed by atoms with van der Waals surface area (Å²) in [6.07, 6.45) is 0. The number of hydroxylamine groups is 1. The van der Waals surface area contributed by atoms with E-state index in [-0.39, 0.29) is 12.2 Å². The van der Waals surface area contributed by atoms with Crippen molar-refractivity contribution < 1.29 is 13.6 Å². The third kappa shape index (κ3) is 2.37. The van der Waals surface area contributed by atoms with E-state index in [1.807, 2.05) is 0 Å². The third-order valence-electron chi connectivity index (χ3n) is 1.54. The maximum Gasteiger partial charge on any atom is 0.181 e. The largest absolute Gasteiger partial charge is 0.396 e. The van der Waals surface area contributed by atoms with Crippen LogP contribution in [0.4, 0.5) is 14.5 Å². The molecule has 0 unspecified atom stereocenters. The van der Waals surface area contributed by atoms with E-state index < -0.39 is 11.6 Å². The average Bonchev–Trinajstić information content (AvgIpc) is 2.10. The van der Waals surface area contributed by atoms with Crippen molar-refractivity contribution in [1.29, 1.82) is 0 Å². The predicted octanol–water partition coefficient (Wildman–Crippen LogP) is 1.20. The Hall–Kier alpha value is -1.20. The Labute approximate surface area is 74.4 Å². The molecular weight excluding hydrogens is 178 g/mol. The SMILES string of the molecule is CONCc1cc(N)c(F)c(F)c1. The third-order valence-corrected chi connectivity index (χ3v) is 1.54. The number of rotatable bonds is 3. The lowest BCUT2D eigenvalue weighted by Gasteiger charge is -2.04. The van der Waals surface area contributed by atoms with Crippen LogP contribution in [0.5, 0.6) is 0 Å². The monoisotopic (exact) mass is 188 g/mol. The summed E-state index contributed by atoms with van der Waals surface area (Å²) in [5.74, 6) is -1.96. The van der Waals surface area contributed by atoms with Gasteiger partial charge in [-0.15, -0.1) is 0 Å². The van der Waals surface area contributed by atoms with Gasteiger partial charge in [0.2, 0.25) is 0 Å². The van der Waals surface area contributed by atoms with Gasteiger partial charge in [0, 0.05) is 6.54 Å². The smallest absolute Gasteiger partial charge is 0.181 e. The fraction of sp³-hybridized carbons (Fsp3) is 0.250. The van der Waals surface area contributed by atoms with Crippen molar-refractivity contribution in [3.05, 3.63) is 29.3 Å². The molecule has 0 bridgehead atoms. The van der Waals surface area contributed by atoms with E-state index in [1.165, 1.54) is 13.2 Å². The Balaban J connectivity index is 2.86. The quantitative estimate of drug-likeness (QED) is 0.553. The maximum absolute atomic E-state index is 12.7. The van der Waals surface area contributed by atoms with Gasteiger partial charge in [-0.3, -0.25) is 0 Å². The van der Waals surface area contributed by atoms with Gasteiger partial charge in [-0.25, -0.2) is 8.78 Å². The lowest BCUT2D eigenvalue weighted by atomic mass is 10.2. The zero-order valence-electron chi connectivity index (χ0n) is 7.10. The van der Waals surface area contributed by atoms with Crippen molar-refractivity contribution in [1.82, 2.24) is 5.48 Å². The van der Waals surface area contributed by atoms with E-state index in [0.717, 1.165) is 6.07 Å².